The third-order valence-corrected chi connectivity index (χ3v) is 2.02. The van der Waals surface area contributed by atoms with Gasteiger partial charge in [-0.2, -0.15) is 0 Å². The van der Waals surface area contributed by atoms with Crippen LogP contribution in [-0.2, 0) is 6.54 Å². The Morgan fingerprint density at radius 1 is 1.40 bits per heavy atom. The first-order valence-corrected chi connectivity index (χ1v) is 3.77. The fraction of sp³-hybridized carbons (Fsp3) is 0.143. The van der Waals surface area contributed by atoms with Crippen LogP contribution in [0.2, 0.25) is 0 Å². The number of nitrogen functional groups attached to an aromatic ring is 1. The van der Waals surface area contributed by atoms with E-state index in [9.17, 15) is 0 Å². The van der Waals surface area contributed by atoms with Crippen molar-refractivity contribution in [2.45, 2.75) is 6.54 Å². The number of nitrogens with two attached hydrogens (primary N) is 2. The molecule has 0 fully saturated rings. The second-order valence-corrected chi connectivity index (χ2v) is 2.91. The summed E-state index contributed by atoms with van der Waals surface area (Å²) in [6, 6.07) is 5.71. The van der Waals surface area contributed by atoms with Crippen LogP contribution in [-0.4, -0.2) is 0 Å². The molecule has 0 heterocycles. The Balaban J connectivity index is 3.04. The predicted molar refractivity (Wildman–Crippen MR) is 46.4 cm³/mol. The molecule has 0 aliphatic heterocycles. The van der Waals surface area contributed by atoms with Crippen molar-refractivity contribution < 1.29 is 0 Å². The maximum Gasteiger partial charge on any atom is 0.0461 e. The zero-order valence-electron chi connectivity index (χ0n) is 5.47. The number of rotatable bonds is 1. The second-order valence-electron chi connectivity index (χ2n) is 2.06. The Morgan fingerprint density at radius 3 is 2.60 bits per heavy atom. The van der Waals surface area contributed by atoms with Crippen molar-refractivity contribution in [2.24, 2.45) is 5.73 Å². The molecule has 0 saturated heterocycles. The topological polar surface area (TPSA) is 52.0 Å². The van der Waals surface area contributed by atoms with Crippen LogP contribution in [0.4, 0.5) is 5.69 Å². The highest BCUT2D eigenvalue weighted by Gasteiger charge is 1.94. The maximum absolute atomic E-state index is 5.59. The summed E-state index contributed by atoms with van der Waals surface area (Å²) in [7, 11) is 0. The van der Waals surface area contributed by atoms with E-state index in [-0.39, 0.29) is 0 Å². The van der Waals surface area contributed by atoms with Crippen molar-refractivity contribution in [2.75, 3.05) is 5.73 Å². The van der Waals surface area contributed by atoms with E-state index >= 15 is 0 Å². The highest BCUT2D eigenvalue weighted by atomic mass is 79.9. The van der Waals surface area contributed by atoms with Gasteiger partial charge in [-0.05, 0) is 33.6 Å². The van der Waals surface area contributed by atoms with Gasteiger partial charge in [-0.25, -0.2) is 0 Å². The van der Waals surface area contributed by atoms with Gasteiger partial charge in [0.25, 0.3) is 0 Å². The lowest BCUT2D eigenvalue weighted by molar-refractivity contribution is 1.07. The number of halogens is 1. The summed E-state index contributed by atoms with van der Waals surface area (Å²) in [6.07, 6.45) is 0. The summed E-state index contributed by atoms with van der Waals surface area (Å²) >= 11 is 3.29. The minimum absolute atomic E-state index is 0.539. The average Bonchev–Trinajstić information content (AvgIpc) is 1.95. The van der Waals surface area contributed by atoms with E-state index in [1.165, 1.54) is 0 Å². The first-order valence-electron chi connectivity index (χ1n) is 2.98. The molecule has 1 aromatic carbocycles. The molecule has 3 heteroatoms. The van der Waals surface area contributed by atoms with Gasteiger partial charge in [-0.3, -0.25) is 0 Å². The van der Waals surface area contributed by atoms with E-state index in [1.54, 1.807) is 0 Å². The van der Waals surface area contributed by atoms with Gasteiger partial charge in [0.05, 0.1) is 0 Å². The molecule has 0 atom stereocenters. The Kier molecular flexibility index (Phi) is 2.29. The van der Waals surface area contributed by atoms with Crippen LogP contribution in [0.5, 0.6) is 0 Å². The van der Waals surface area contributed by atoms with Gasteiger partial charge in [0, 0.05) is 16.7 Å². The van der Waals surface area contributed by atoms with E-state index in [2.05, 4.69) is 15.9 Å². The lowest BCUT2D eigenvalue weighted by Gasteiger charge is -1.99. The molecule has 54 valence electrons. The third kappa shape index (κ3) is 1.49. The smallest absolute Gasteiger partial charge is 0.0461 e. The van der Waals surface area contributed by atoms with Gasteiger partial charge in [-0.15, -0.1) is 0 Å². The predicted octanol–water partition coefficient (Wildman–Crippen LogP) is 1.49. The first-order chi connectivity index (χ1) is 4.74. The molecule has 0 amide bonds. The lowest BCUT2D eigenvalue weighted by Crippen LogP contribution is -1.97. The second kappa shape index (κ2) is 3.03. The number of hydrogen-bond acceptors (Lipinski definition) is 2. The largest absolute Gasteiger partial charge is 0.398 e. The molecule has 0 saturated carbocycles. The summed E-state index contributed by atoms with van der Waals surface area (Å²) in [6.45, 7) is 0.539. The van der Waals surface area contributed by atoms with Crippen molar-refractivity contribution in [3.05, 3.63) is 28.2 Å². The minimum atomic E-state index is 0.539. The molecule has 2 nitrogen and oxygen atoms in total. The SMILES string of the molecule is NCc1ccc(Br)c(N)c1. The standard InChI is InChI=1S/C7H9BrN2/c8-6-2-1-5(4-9)3-7(6)10/h1-3H,4,9-10H2. The molecule has 1 aromatic rings. The molecule has 0 aliphatic carbocycles. The van der Waals surface area contributed by atoms with Gasteiger partial charge in [-0.1, -0.05) is 6.07 Å². The van der Waals surface area contributed by atoms with Gasteiger partial charge >= 0.3 is 0 Å². The number of hydrogen-bond donors (Lipinski definition) is 2. The Labute approximate surface area is 68.3 Å². The lowest BCUT2D eigenvalue weighted by atomic mass is 10.2. The molecular weight excluding hydrogens is 192 g/mol. The van der Waals surface area contributed by atoms with Gasteiger partial charge < -0.3 is 11.5 Å². The molecule has 1 rings (SSSR count). The van der Waals surface area contributed by atoms with E-state index in [0.717, 1.165) is 15.7 Å². The van der Waals surface area contributed by atoms with Gasteiger partial charge in [0.2, 0.25) is 0 Å². The van der Waals surface area contributed by atoms with Crippen LogP contribution in [0, 0.1) is 0 Å². The van der Waals surface area contributed by atoms with E-state index < -0.39 is 0 Å². The van der Waals surface area contributed by atoms with Crippen LogP contribution < -0.4 is 11.5 Å². The van der Waals surface area contributed by atoms with Crippen LogP contribution >= 0.6 is 15.9 Å². The summed E-state index contributed by atoms with van der Waals surface area (Å²) in [5.74, 6) is 0. The molecular formula is C7H9BrN2. The molecule has 0 unspecified atom stereocenters. The van der Waals surface area contributed by atoms with Crippen LogP contribution in [0.1, 0.15) is 5.56 Å². The van der Waals surface area contributed by atoms with Crippen molar-refractivity contribution in [3.8, 4) is 0 Å². The third-order valence-electron chi connectivity index (χ3n) is 1.30. The van der Waals surface area contributed by atoms with Gasteiger partial charge in [0.1, 0.15) is 0 Å². The summed E-state index contributed by atoms with van der Waals surface area (Å²) < 4.78 is 0.921. The first kappa shape index (κ1) is 7.57. The fourth-order valence-electron chi connectivity index (χ4n) is 0.720. The quantitative estimate of drug-likeness (QED) is 0.676. The zero-order valence-corrected chi connectivity index (χ0v) is 7.06. The normalized spacial score (nSPS) is 9.80. The Morgan fingerprint density at radius 2 is 2.10 bits per heavy atom. The molecule has 0 aliphatic rings. The highest BCUT2D eigenvalue weighted by Crippen LogP contribution is 2.19. The van der Waals surface area contributed by atoms with Crippen LogP contribution in [0.3, 0.4) is 0 Å². The molecule has 10 heavy (non-hydrogen) atoms. The molecule has 0 bridgehead atoms. The summed E-state index contributed by atoms with van der Waals surface area (Å²) in [5, 5.41) is 0. The molecule has 0 radical (unpaired) electrons. The van der Waals surface area contributed by atoms with Crippen molar-refractivity contribution in [1.29, 1.82) is 0 Å². The zero-order chi connectivity index (χ0) is 7.56. The van der Waals surface area contributed by atoms with Crippen LogP contribution in [0.25, 0.3) is 0 Å². The van der Waals surface area contributed by atoms with Crippen LogP contribution in [0.15, 0.2) is 22.7 Å². The molecule has 0 spiro atoms. The van der Waals surface area contributed by atoms with Crippen molar-refractivity contribution in [1.82, 2.24) is 0 Å². The Bertz CT molecular complexity index is 235. The number of benzene rings is 1. The van der Waals surface area contributed by atoms with E-state index in [4.69, 9.17) is 11.5 Å². The van der Waals surface area contributed by atoms with Crippen molar-refractivity contribution >= 4 is 21.6 Å². The van der Waals surface area contributed by atoms with E-state index in [0.29, 0.717) is 6.54 Å². The van der Waals surface area contributed by atoms with Crippen molar-refractivity contribution in [3.63, 3.8) is 0 Å². The average molecular weight is 201 g/mol. The highest BCUT2D eigenvalue weighted by molar-refractivity contribution is 9.10. The monoisotopic (exact) mass is 200 g/mol. The fourth-order valence-corrected chi connectivity index (χ4v) is 0.967. The van der Waals surface area contributed by atoms with E-state index in [1.807, 2.05) is 18.2 Å². The Hall–Kier alpha value is -0.540. The van der Waals surface area contributed by atoms with Gasteiger partial charge in [0.15, 0.2) is 0 Å². The maximum atomic E-state index is 5.59. The molecule has 0 aromatic heterocycles. The molecule has 4 N–H and O–H groups in total. The minimum Gasteiger partial charge on any atom is -0.398 e. The summed E-state index contributed by atoms with van der Waals surface area (Å²) in [5.41, 5.74) is 12.8. The summed E-state index contributed by atoms with van der Waals surface area (Å²) in [4.78, 5) is 0. The number of anilines is 1.